The average molecular weight is 1370 g/mol. The maximum atomic E-state index is 13.2. The number of unbranched alkanes of at least 4 members (excludes halogenated alkanes) is 2. The molecule has 1 fully saturated rings. The molecule has 0 bridgehead atoms. The van der Waals surface area contributed by atoms with Gasteiger partial charge in [0, 0.05) is 94.9 Å². The SMILES string of the molecule is Cc1ccc(C(=O)NCCOCCOCCCC(=O)OCCC(C)(C)SSCOCCCCCNC(=O)NCC#Cc2cn([C@H]3CC(OCN=[N+]=[N-])[C@@H](COP(=O)(O)OP(=O)(O)CP(=O)(O)O)O3)c(=O)nc2N)cc1-c1c2ccc(=N)cc-2oc2cc(N)ccc12. The number of benzene rings is 3. The standard InChI is InChI=1S/C55H74N11O20P3S2/c1-36-11-12-37(27-43(36)50-41-15-13-39(56)28-44(41)84-45-29-40(57)14-16-42(45)50)52(68)60-20-24-79-26-25-78-22-8-10-49(67)81-23-17-55(2,3)91-90-34-80-21-6-4-5-18-61-53(69)62-19-7-9-38-31-66(54(70)64-51(38)58)48-30-46(82-33-63-65-59)47(85-48)32-83-89(76,77)86-88(74,75)35-87(71,72)73/h11-16,27-29,31,46-48,56H,4-6,8,10,17-26,30,32-35,57H2,1-3H3,(H,60,68)(H,74,75)(H,76,77)(H2,58,64,70)(H2,61,62,69)(H2,71,72,73)/t46?,47-,48-/m1/s1. The third-order valence-electron chi connectivity index (χ3n) is 13.2. The Morgan fingerprint density at radius 3 is 2.46 bits per heavy atom. The second-order valence-electron chi connectivity index (χ2n) is 20.9. The number of esters is 1. The predicted molar refractivity (Wildman–Crippen MR) is 338 cm³/mol. The first kappa shape index (κ1) is 73.7. The van der Waals surface area contributed by atoms with Crippen molar-refractivity contribution < 1.29 is 89.3 Å². The van der Waals surface area contributed by atoms with Crippen LogP contribution in [-0.4, -0.2) is 148 Å². The number of nitrogen functional groups attached to an aromatic ring is 2. The number of fused-ring (bicyclic) bond motifs is 2. The Balaban J connectivity index is 0.758. The van der Waals surface area contributed by atoms with E-state index in [9.17, 15) is 42.7 Å². The van der Waals surface area contributed by atoms with Gasteiger partial charge in [-0.2, -0.15) is 4.98 Å². The maximum absolute atomic E-state index is 13.2. The van der Waals surface area contributed by atoms with Crippen molar-refractivity contribution in [1.82, 2.24) is 25.5 Å². The number of rotatable bonds is 37. The number of amides is 3. The lowest BCUT2D eigenvalue weighted by atomic mass is 9.90. The normalized spacial score (nSPS) is 16.3. The first-order chi connectivity index (χ1) is 43.2. The van der Waals surface area contributed by atoms with Gasteiger partial charge in [-0.05, 0) is 106 Å². The van der Waals surface area contributed by atoms with Crippen molar-refractivity contribution in [3.63, 3.8) is 0 Å². The molecule has 496 valence electrons. The number of carbonyl (C=O) groups excluding carboxylic acids is 3. The third kappa shape index (κ3) is 25.2. The molecule has 31 nitrogen and oxygen atoms in total. The highest BCUT2D eigenvalue weighted by molar-refractivity contribution is 8.77. The van der Waals surface area contributed by atoms with Crippen LogP contribution < -0.4 is 38.5 Å². The summed E-state index contributed by atoms with van der Waals surface area (Å²) in [6.07, 6.45) is 1.08. The molecular weight excluding hydrogens is 1290 g/mol. The predicted octanol–water partition coefficient (Wildman–Crippen LogP) is 7.24. The molecule has 3 aromatic rings. The molecule has 36 heteroatoms. The smallest absolute Gasteiger partial charge is 0.466 e. The van der Waals surface area contributed by atoms with E-state index in [1.165, 1.54) is 6.20 Å². The van der Waals surface area contributed by atoms with Gasteiger partial charge in [-0.25, -0.2) is 18.5 Å². The summed E-state index contributed by atoms with van der Waals surface area (Å²) in [7, 11) is -12.7. The summed E-state index contributed by atoms with van der Waals surface area (Å²) in [6, 6.07) is 15.8. The van der Waals surface area contributed by atoms with Crippen LogP contribution >= 0.6 is 44.6 Å². The Labute approximate surface area is 530 Å². The van der Waals surface area contributed by atoms with Gasteiger partial charge in [0.2, 0.25) is 0 Å². The first-order valence-corrected chi connectivity index (χ1v) is 35.7. The molecule has 1 aliphatic carbocycles. The highest BCUT2D eigenvalue weighted by Gasteiger charge is 2.43. The van der Waals surface area contributed by atoms with E-state index in [0.29, 0.717) is 92.7 Å². The van der Waals surface area contributed by atoms with Gasteiger partial charge in [0.15, 0.2) is 5.90 Å². The van der Waals surface area contributed by atoms with Gasteiger partial charge in [-0.1, -0.05) is 44.6 Å². The van der Waals surface area contributed by atoms with Crippen LogP contribution in [0.4, 0.5) is 16.3 Å². The molecule has 1 aromatic heterocycles. The Hall–Kier alpha value is -6.36. The number of nitrogens with one attached hydrogen (secondary N) is 4. The number of anilines is 2. The van der Waals surface area contributed by atoms with Crippen molar-refractivity contribution in [3.05, 3.63) is 104 Å². The lowest BCUT2D eigenvalue weighted by Gasteiger charge is -2.22. The van der Waals surface area contributed by atoms with E-state index in [-0.39, 0.29) is 60.6 Å². The molecule has 3 heterocycles. The number of nitrogens with zero attached hydrogens (tertiary/aromatic N) is 5. The van der Waals surface area contributed by atoms with Crippen LogP contribution in [0.15, 0.2) is 75.1 Å². The average Bonchev–Trinajstić information content (AvgIpc) is 1.28. The van der Waals surface area contributed by atoms with Crippen LogP contribution in [0.25, 0.3) is 43.9 Å². The molecule has 3 unspecified atom stereocenters. The number of hydrogen-bond acceptors (Lipinski definition) is 23. The van der Waals surface area contributed by atoms with Crippen LogP contribution in [-0.2, 0) is 55.7 Å². The lowest BCUT2D eigenvalue weighted by Crippen LogP contribution is -2.36. The highest BCUT2D eigenvalue weighted by Crippen LogP contribution is 2.65. The summed E-state index contributed by atoms with van der Waals surface area (Å²) >= 11 is 0. The van der Waals surface area contributed by atoms with Crippen molar-refractivity contribution in [3.8, 4) is 34.3 Å². The zero-order chi connectivity index (χ0) is 66.2. The number of phosphoric ester groups is 1. The fraction of sp³-hybridized carbons (Fsp3) is 0.491. The van der Waals surface area contributed by atoms with E-state index in [1.807, 2.05) is 37.3 Å². The van der Waals surface area contributed by atoms with E-state index >= 15 is 0 Å². The number of aromatic nitrogens is 2. The summed E-state index contributed by atoms with van der Waals surface area (Å²) in [5.74, 6) is 3.87. The molecule has 12 N–H and O–H groups in total. The van der Waals surface area contributed by atoms with Crippen molar-refractivity contribution in [2.75, 3.05) is 95.9 Å². The minimum absolute atomic E-state index is 0.0593. The molecule has 2 aliphatic heterocycles. The topological polar surface area (TPSA) is 466 Å². The number of urea groups is 1. The molecule has 0 saturated carbocycles. The minimum Gasteiger partial charge on any atom is -0.466 e. The number of carbonyl (C=O) groups is 3. The van der Waals surface area contributed by atoms with Crippen molar-refractivity contribution in [1.29, 1.82) is 5.41 Å². The monoisotopic (exact) mass is 1370 g/mol. The van der Waals surface area contributed by atoms with Crippen molar-refractivity contribution in [2.24, 2.45) is 5.11 Å². The Bertz CT molecular complexity index is 3670. The molecule has 2 aromatic carbocycles. The van der Waals surface area contributed by atoms with Gasteiger partial charge in [0.05, 0.1) is 56.6 Å². The summed E-state index contributed by atoms with van der Waals surface area (Å²) in [5, 5.41) is 20.8. The van der Waals surface area contributed by atoms with E-state index < -0.39 is 72.4 Å². The summed E-state index contributed by atoms with van der Waals surface area (Å²) < 4.78 is 85.1. The first-order valence-electron chi connectivity index (χ1n) is 28.3. The van der Waals surface area contributed by atoms with Gasteiger partial charge >= 0.3 is 40.7 Å². The van der Waals surface area contributed by atoms with Crippen LogP contribution in [0, 0.1) is 24.2 Å². The maximum Gasteiger partial charge on any atom is 0.479 e. The Morgan fingerprint density at radius 2 is 1.69 bits per heavy atom. The highest BCUT2D eigenvalue weighted by atomic mass is 33.1. The number of aryl methyl sites for hydroxylation is 1. The van der Waals surface area contributed by atoms with Crippen LogP contribution in [0.3, 0.4) is 0 Å². The third-order valence-corrected chi connectivity index (χ3v) is 21.4. The van der Waals surface area contributed by atoms with Crippen LogP contribution in [0.1, 0.15) is 86.5 Å². The molecule has 3 aliphatic rings. The quantitative estimate of drug-likeness (QED) is 0.00160. The van der Waals surface area contributed by atoms with Gasteiger partial charge < -0.3 is 85.2 Å². The van der Waals surface area contributed by atoms with Crippen molar-refractivity contribution in [2.45, 2.75) is 88.9 Å². The Morgan fingerprint density at radius 1 is 0.923 bits per heavy atom. The number of hydrogen-bond donors (Lipinski definition) is 10. The number of nitrogens with two attached hydrogens (primary N) is 2. The van der Waals surface area contributed by atoms with Gasteiger partial charge in [0.1, 0.15) is 42.2 Å². The molecule has 1 saturated heterocycles. The molecule has 91 heavy (non-hydrogen) atoms. The van der Waals surface area contributed by atoms with E-state index in [2.05, 4.69) is 61.0 Å². The van der Waals surface area contributed by atoms with Gasteiger partial charge in [-0.3, -0.25) is 27.8 Å². The molecule has 5 atom stereocenters. The van der Waals surface area contributed by atoms with Gasteiger partial charge in [-0.15, -0.1) is 0 Å². The number of azide groups is 1. The number of phosphoric acid groups is 1. The second kappa shape index (κ2) is 35.6. The van der Waals surface area contributed by atoms with E-state index in [0.717, 1.165) is 45.0 Å². The Kier molecular flexibility index (Phi) is 28.8. The van der Waals surface area contributed by atoms with Gasteiger partial charge in [0.25, 0.3) is 5.91 Å². The summed E-state index contributed by atoms with van der Waals surface area (Å²) in [5.41, 5.74) is 25.0. The molecular formula is C55H74N11O20P3S2. The van der Waals surface area contributed by atoms with E-state index in [4.69, 9.17) is 69.6 Å². The molecule has 3 amide bonds. The summed E-state index contributed by atoms with van der Waals surface area (Å²) in [4.78, 5) is 94.8. The second-order valence-corrected chi connectivity index (χ2v) is 29.5. The fourth-order valence-corrected chi connectivity index (χ4v) is 15.4. The molecule has 6 rings (SSSR count). The zero-order valence-corrected chi connectivity index (χ0v) is 54.3. The summed E-state index contributed by atoms with van der Waals surface area (Å²) in [6.45, 7) is 7.35. The molecule has 0 radical (unpaired) electrons. The minimum atomic E-state index is -5.44. The van der Waals surface area contributed by atoms with Crippen molar-refractivity contribution >= 4 is 85.0 Å². The zero-order valence-electron chi connectivity index (χ0n) is 50.0. The number of ether oxygens (including phenoxy) is 6. The van der Waals surface area contributed by atoms with Crippen LogP contribution in [0.2, 0.25) is 0 Å². The molecule has 0 spiro atoms. The lowest BCUT2D eigenvalue weighted by molar-refractivity contribution is -0.144. The van der Waals surface area contributed by atoms with E-state index in [1.54, 1.807) is 45.9 Å². The van der Waals surface area contributed by atoms with Crippen LogP contribution in [0.5, 0.6) is 0 Å². The fourth-order valence-electron chi connectivity index (χ4n) is 8.79. The largest absolute Gasteiger partial charge is 0.479 e.